The lowest BCUT2D eigenvalue weighted by Gasteiger charge is -2.35. The number of nitrogens with one attached hydrogen (secondary N) is 1. The summed E-state index contributed by atoms with van der Waals surface area (Å²) in [5.41, 5.74) is 0. The lowest BCUT2D eigenvalue weighted by atomic mass is 9.84. The first-order valence-electron chi connectivity index (χ1n) is 7.39. The lowest BCUT2D eigenvalue weighted by Crippen LogP contribution is -2.47. The first kappa shape index (κ1) is 16.4. The summed E-state index contributed by atoms with van der Waals surface area (Å²) in [7, 11) is 3.80. The Kier molecular flexibility index (Phi) is 5.32. The molecule has 3 nitrogen and oxygen atoms in total. The molecule has 0 aromatic carbocycles. The standard InChI is InChI=1S/C15H23F3N2O/c1-20(2)13(14-8-5-9-21-14)10-19-12-7-4-3-6-11(12)15(16,17)18/h5,8-9,11-13,19H,3-4,6-7,10H2,1-2H3. The minimum atomic E-state index is -4.11. The van der Waals surface area contributed by atoms with Crippen molar-refractivity contribution in [2.45, 2.75) is 43.9 Å². The molecule has 1 saturated carbocycles. The van der Waals surface area contributed by atoms with Gasteiger partial charge in [0, 0.05) is 12.6 Å². The topological polar surface area (TPSA) is 28.4 Å². The van der Waals surface area contributed by atoms with Crippen LogP contribution in [0.4, 0.5) is 13.2 Å². The van der Waals surface area contributed by atoms with E-state index in [-0.39, 0.29) is 12.5 Å². The van der Waals surface area contributed by atoms with E-state index in [0.717, 1.165) is 12.2 Å². The highest BCUT2D eigenvalue weighted by atomic mass is 19.4. The molecule has 1 fully saturated rings. The SMILES string of the molecule is CN(C)C(CNC1CCCCC1C(F)(F)F)c1ccco1. The van der Waals surface area contributed by atoms with Gasteiger partial charge in [-0.2, -0.15) is 13.2 Å². The van der Waals surface area contributed by atoms with Gasteiger partial charge in [-0.05, 0) is 39.1 Å². The zero-order valence-electron chi connectivity index (χ0n) is 12.5. The summed E-state index contributed by atoms with van der Waals surface area (Å²) < 4.78 is 44.6. The maximum atomic E-state index is 13.1. The number of rotatable bonds is 5. The predicted molar refractivity (Wildman–Crippen MR) is 74.9 cm³/mol. The number of nitrogens with zero attached hydrogens (tertiary/aromatic N) is 1. The van der Waals surface area contributed by atoms with Gasteiger partial charge in [-0.1, -0.05) is 12.8 Å². The van der Waals surface area contributed by atoms with E-state index >= 15 is 0 Å². The highest BCUT2D eigenvalue weighted by molar-refractivity contribution is 5.05. The molecule has 1 heterocycles. The summed E-state index contributed by atoms with van der Waals surface area (Å²) in [5.74, 6) is -0.461. The second-order valence-electron chi connectivity index (χ2n) is 5.94. The maximum Gasteiger partial charge on any atom is 0.393 e. The Morgan fingerprint density at radius 1 is 1.33 bits per heavy atom. The minimum absolute atomic E-state index is 0.0594. The fraction of sp³-hybridized carbons (Fsp3) is 0.733. The molecule has 2 rings (SSSR count). The van der Waals surface area contributed by atoms with Crippen molar-refractivity contribution in [2.24, 2.45) is 5.92 Å². The van der Waals surface area contributed by atoms with Crippen LogP contribution in [-0.2, 0) is 0 Å². The monoisotopic (exact) mass is 304 g/mol. The molecule has 0 radical (unpaired) electrons. The summed E-state index contributed by atoms with van der Waals surface area (Å²) in [6.45, 7) is 0.456. The van der Waals surface area contributed by atoms with Crippen molar-refractivity contribution in [1.29, 1.82) is 0 Å². The van der Waals surface area contributed by atoms with Crippen molar-refractivity contribution in [1.82, 2.24) is 10.2 Å². The van der Waals surface area contributed by atoms with Crippen molar-refractivity contribution >= 4 is 0 Å². The predicted octanol–water partition coefficient (Wildman–Crippen LogP) is 3.59. The van der Waals surface area contributed by atoms with Crippen molar-refractivity contribution in [3.05, 3.63) is 24.2 Å². The molecule has 1 aliphatic carbocycles. The van der Waals surface area contributed by atoms with Gasteiger partial charge in [0.25, 0.3) is 0 Å². The smallest absolute Gasteiger partial charge is 0.393 e. The van der Waals surface area contributed by atoms with Gasteiger partial charge in [0.05, 0.1) is 18.2 Å². The van der Waals surface area contributed by atoms with Gasteiger partial charge in [-0.25, -0.2) is 0 Å². The van der Waals surface area contributed by atoms with Crippen LogP contribution in [0.3, 0.4) is 0 Å². The summed E-state index contributed by atoms with van der Waals surface area (Å²) >= 11 is 0. The third-order valence-corrected chi connectivity index (χ3v) is 4.25. The summed E-state index contributed by atoms with van der Waals surface area (Å²) in [5, 5.41) is 3.13. The highest BCUT2D eigenvalue weighted by Crippen LogP contribution is 2.37. The number of alkyl halides is 3. The highest BCUT2D eigenvalue weighted by Gasteiger charge is 2.45. The molecule has 0 spiro atoms. The van der Waals surface area contributed by atoms with E-state index in [2.05, 4.69) is 5.32 Å². The third-order valence-electron chi connectivity index (χ3n) is 4.25. The van der Waals surface area contributed by atoms with E-state index in [1.54, 1.807) is 12.3 Å². The van der Waals surface area contributed by atoms with E-state index in [4.69, 9.17) is 4.42 Å². The van der Waals surface area contributed by atoms with E-state index in [0.29, 0.717) is 19.4 Å². The molecule has 0 saturated heterocycles. The van der Waals surface area contributed by atoms with Crippen molar-refractivity contribution < 1.29 is 17.6 Å². The fourth-order valence-electron chi connectivity index (χ4n) is 3.05. The van der Waals surface area contributed by atoms with E-state index in [1.165, 1.54) is 0 Å². The van der Waals surface area contributed by atoms with Gasteiger partial charge in [-0.3, -0.25) is 4.90 Å². The van der Waals surface area contributed by atoms with Crippen LogP contribution in [0.1, 0.15) is 37.5 Å². The zero-order valence-corrected chi connectivity index (χ0v) is 12.5. The van der Waals surface area contributed by atoms with Gasteiger partial charge in [0.15, 0.2) is 0 Å². The molecular formula is C15H23F3N2O. The quantitative estimate of drug-likeness (QED) is 0.901. The summed E-state index contributed by atoms with van der Waals surface area (Å²) in [6.07, 6.45) is -0.187. The van der Waals surface area contributed by atoms with Gasteiger partial charge < -0.3 is 9.73 Å². The molecule has 1 aromatic rings. The molecule has 0 amide bonds. The average Bonchev–Trinajstić information content (AvgIpc) is 2.92. The molecule has 1 aliphatic rings. The molecular weight excluding hydrogens is 281 g/mol. The van der Waals surface area contributed by atoms with Gasteiger partial charge in [0.2, 0.25) is 0 Å². The van der Waals surface area contributed by atoms with Crippen molar-refractivity contribution in [3.8, 4) is 0 Å². The number of likely N-dealkylation sites (N-methyl/N-ethyl adjacent to an activating group) is 1. The Morgan fingerprint density at radius 2 is 2.05 bits per heavy atom. The van der Waals surface area contributed by atoms with Gasteiger partial charge in [0.1, 0.15) is 5.76 Å². The largest absolute Gasteiger partial charge is 0.468 e. The molecule has 1 aromatic heterocycles. The normalized spacial score (nSPS) is 25.2. The van der Waals surface area contributed by atoms with Crippen molar-refractivity contribution in [3.63, 3.8) is 0 Å². The minimum Gasteiger partial charge on any atom is -0.468 e. The second kappa shape index (κ2) is 6.83. The number of hydrogen-bond donors (Lipinski definition) is 1. The van der Waals surface area contributed by atoms with Crippen LogP contribution in [0, 0.1) is 5.92 Å². The van der Waals surface area contributed by atoms with Crippen LogP contribution in [0.2, 0.25) is 0 Å². The van der Waals surface area contributed by atoms with Crippen LogP contribution < -0.4 is 5.32 Å². The molecule has 1 N–H and O–H groups in total. The van der Waals surface area contributed by atoms with Crippen molar-refractivity contribution in [2.75, 3.05) is 20.6 Å². The molecule has 0 aliphatic heterocycles. The first-order valence-corrected chi connectivity index (χ1v) is 7.39. The van der Waals surface area contributed by atoms with Crippen LogP contribution >= 0.6 is 0 Å². The average molecular weight is 304 g/mol. The zero-order chi connectivity index (χ0) is 15.5. The number of hydrogen-bond acceptors (Lipinski definition) is 3. The molecule has 3 atom stereocenters. The third kappa shape index (κ3) is 4.23. The Bertz CT molecular complexity index is 417. The molecule has 120 valence electrons. The fourth-order valence-corrected chi connectivity index (χ4v) is 3.05. The maximum absolute atomic E-state index is 13.1. The molecule has 21 heavy (non-hydrogen) atoms. The van der Waals surface area contributed by atoms with Gasteiger partial charge in [-0.15, -0.1) is 0 Å². The summed E-state index contributed by atoms with van der Waals surface area (Å²) in [4.78, 5) is 1.96. The lowest BCUT2D eigenvalue weighted by molar-refractivity contribution is -0.189. The molecule has 6 heteroatoms. The Morgan fingerprint density at radius 3 is 2.62 bits per heavy atom. The number of halogens is 3. The Hall–Kier alpha value is -1.01. The Labute approximate surface area is 123 Å². The van der Waals surface area contributed by atoms with Crippen LogP contribution in [-0.4, -0.2) is 37.8 Å². The second-order valence-corrected chi connectivity index (χ2v) is 5.94. The van der Waals surface area contributed by atoms with Crippen LogP contribution in [0.15, 0.2) is 22.8 Å². The van der Waals surface area contributed by atoms with E-state index in [1.807, 2.05) is 25.1 Å². The number of furan rings is 1. The summed E-state index contributed by atoms with van der Waals surface area (Å²) in [6, 6.07) is 3.10. The van der Waals surface area contributed by atoms with E-state index < -0.39 is 18.1 Å². The van der Waals surface area contributed by atoms with Gasteiger partial charge >= 0.3 is 6.18 Å². The van der Waals surface area contributed by atoms with E-state index in [9.17, 15) is 13.2 Å². The van der Waals surface area contributed by atoms with Crippen LogP contribution in [0.5, 0.6) is 0 Å². The first-order chi connectivity index (χ1) is 9.89. The molecule has 3 unspecified atom stereocenters. The van der Waals surface area contributed by atoms with Crippen LogP contribution in [0.25, 0.3) is 0 Å². The molecule has 0 bridgehead atoms. The Balaban J connectivity index is 1.99.